The molecule has 0 aromatic rings. The second-order valence-corrected chi connectivity index (χ2v) is 7.13. The summed E-state index contributed by atoms with van der Waals surface area (Å²) in [5.74, 6) is 1.90. The standard InChI is InChI=1S/C13H23N/c1-11(2)12(3)5-9-4-10(6-12)8-13(11,14)7-9/h9-10H,4-8,14H2,1-3H3. The summed E-state index contributed by atoms with van der Waals surface area (Å²) in [5.41, 5.74) is 7.73. The van der Waals surface area contributed by atoms with Gasteiger partial charge < -0.3 is 5.73 Å². The van der Waals surface area contributed by atoms with Gasteiger partial charge in [0.05, 0.1) is 0 Å². The molecule has 4 aliphatic rings. The highest BCUT2D eigenvalue weighted by molar-refractivity contribution is 5.18. The maximum absolute atomic E-state index is 6.68. The fraction of sp³-hybridized carbons (Fsp3) is 1.00. The molecule has 4 rings (SSSR count). The molecule has 0 radical (unpaired) electrons. The summed E-state index contributed by atoms with van der Waals surface area (Å²) in [5, 5.41) is 0. The van der Waals surface area contributed by atoms with E-state index in [4.69, 9.17) is 5.73 Å². The van der Waals surface area contributed by atoms with E-state index in [1.54, 1.807) is 0 Å². The Bertz CT molecular complexity index is 241. The second kappa shape index (κ2) is 2.21. The molecule has 4 aliphatic carbocycles. The van der Waals surface area contributed by atoms with Crippen LogP contribution in [0.5, 0.6) is 0 Å². The van der Waals surface area contributed by atoms with Crippen molar-refractivity contribution in [3.8, 4) is 0 Å². The van der Waals surface area contributed by atoms with E-state index in [0.29, 0.717) is 10.8 Å². The molecule has 0 aromatic carbocycles. The van der Waals surface area contributed by atoms with Crippen molar-refractivity contribution in [3.63, 3.8) is 0 Å². The fourth-order valence-electron chi connectivity index (χ4n) is 5.04. The molecule has 0 aliphatic heterocycles. The first-order chi connectivity index (χ1) is 6.36. The molecular formula is C13H23N. The molecule has 14 heavy (non-hydrogen) atoms. The number of hydrogen-bond acceptors (Lipinski definition) is 1. The average Bonchev–Trinajstić information content (AvgIpc) is 1.98. The second-order valence-electron chi connectivity index (χ2n) is 7.13. The molecule has 0 spiro atoms. The predicted molar refractivity (Wildman–Crippen MR) is 58.9 cm³/mol. The Balaban J connectivity index is 2.10. The van der Waals surface area contributed by atoms with Gasteiger partial charge in [0.1, 0.15) is 0 Å². The maximum Gasteiger partial charge on any atom is 0.0216 e. The third-order valence-corrected chi connectivity index (χ3v) is 6.20. The first-order valence-electron chi connectivity index (χ1n) is 6.15. The van der Waals surface area contributed by atoms with Gasteiger partial charge in [-0.25, -0.2) is 0 Å². The van der Waals surface area contributed by atoms with Gasteiger partial charge in [-0.15, -0.1) is 0 Å². The minimum atomic E-state index is 0.159. The Morgan fingerprint density at radius 1 is 0.929 bits per heavy atom. The first kappa shape index (κ1) is 9.21. The van der Waals surface area contributed by atoms with Gasteiger partial charge in [0.25, 0.3) is 0 Å². The Kier molecular flexibility index (Phi) is 1.45. The topological polar surface area (TPSA) is 26.0 Å². The molecule has 4 bridgehead atoms. The summed E-state index contributed by atoms with van der Waals surface area (Å²) < 4.78 is 0. The molecule has 4 fully saturated rings. The van der Waals surface area contributed by atoms with E-state index < -0.39 is 0 Å². The van der Waals surface area contributed by atoms with Crippen molar-refractivity contribution in [1.29, 1.82) is 0 Å². The van der Waals surface area contributed by atoms with Gasteiger partial charge in [0, 0.05) is 5.54 Å². The Morgan fingerprint density at radius 2 is 1.43 bits per heavy atom. The van der Waals surface area contributed by atoms with Crippen LogP contribution in [-0.4, -0.2) is 5.54 Å². The van der Waals surface area contributed by atoms with Crippen molar-refractivity contribution < 1.29 is 0 Å². The minimum absolute atomic E-state index is 0.159. The van der Waals surface area contributed by atoms with E-state index in [1.807, 2.05) is 0 Å². The molecule has 0 amide bonds. The highest BCUT2D eigenvalue weighted by Crippen LogP contribution is 2.68. The molecule has 2 N–H and O–H groups in total. The Hall–Kier alpha value is -0.0400. The SMILES string of the molecule is CC12CC3CC(C1)CC(N)(C3)C2(C)C. The van der Waals surface area contributed by atoms with Crippen LogP contribution in [0.25, 0.3) is 0 Å². The van der Waals surface area contributed by atoms with Crippen LogP contribution in [0.15, 0.2) is 0 Å². The summed E-state index contributed by atoms with van der Waals surface area (Å²) >= 11 is 0. The van der Waals surface area contributed by atoms with Crippen LogP contribution in [0, 0.1) is 22.7 Å². The molecule has 0 aromatic heterocycles. The van der Waals surface area contributed by atoms with Crippen LogP contribution in [0.1, 0.15) is 52.9 Å². The van der Waals surface area contributed by atoms with E-state index >= 15 is 0 Å². The molecular weight excluding hydrogens is 170 g/mol. The normalized spacial score (nSPS) is 59.1. The van der Waals surface area contributed by atoms with Gasteiger partial charge >= 0.3 is 0 Å². The largest absolute Gasteiger partial charge is 0.325 e. The van der Waals surface area contributed by atoms with Gasteiger partial charge in [-0.3, -0.25) is 0 Å². The third-order valence-electron chi connectivity index (χ3n) is 6.20. The number of rotatable bonds is 0. The molecule has 0 saturated heterocycles. The fourth-order valence-corrected chi connectivity index (χ4v) is 5.04. The van der Waals surface area contributed by atoms with Gasteiger partial charge in [0.15, 0.2) is 0 Å². The van der Waals surface area contributed by atoms with Crippen LogP contribution < -0.4 is 5.73 Å². The zero-order chi connectivity index (χ0) is 10.2. The summed E-state index contributed by atoms with van der Waals surface area (Å²) in [4.78, 5) is 0. The summed E-state index contributed by atoms with van der Waals surface area (Å²) in [7, 11) is 0. The van der Waals surface area contributed by atoms with Crippen LogP contribution in [0.3, 0.4) is 0 Å². The molecule has 80 valence electrons. The number of nitrogens with two attached hydrogens (primary N) is 1. The lowest BCUT2D eigenvalue weighted by Crippen LogP contribution is -2.70. The zero-order valence-corrected chi connectivity index (χ0v) is 9.77. The van der Waals surface area contributed by atoms with Gasteiger partial charge in [-0.2, -0.15) is 0 Å². The Morgan fingerprint density at radius 3 is 1.86 bits per heavy atom. The lowest BCUT2D eigenvalue weighted by molar-refractivity contribution is -0.163. The van der Waals surface area contributed by atoms with E-state index in [2.05, 4.69) is 20.8 Å². The third kappa shape index (κ3) is 0.816. The van der Waals surface area contributed by atoms with Crippen molar-refractivity contribution in [2.45, 2.75) is 58.4 Å². The molecule has 2 atom stereocenters. The monoisotopic (exact) mass is 193 g/mol. The predicted octanol–water partition coefficient (Wildman–Crippen LogP) is 2.94. The average molecular weight is 193 g/mol. The van der Waals surface area contributed by atoms with Crippen molar-refractivity contribution in [3.05, 3.63) is 0 Å². The maximum atomic E-state index is 6.68. The van der Waals surface area contributed by atoms with E-state index in [9.17, 15) is 0 Å². The smallest absolute Gasteiger partial charge is 0.0216 e. The molecule has 0 heterocycles. The van der Waals surface area contributed by atoms with E-state index in [1.165, 1.54) is 32.1 Å². The van der Waals surface area contributed by atoms with Crippen LogP contribution >= 0.6 is 0 Å². The van der Waals surface area contributed by atoms with Gasteiger partial charge in [-0.1, -0.05) is 20.8 Å². The first-order valence-corrected chi connectivity index (χ1v) is 6.15. The lowest BCUT2D eigenvalue weighted by atomic mass is 9.38. The van der Waals surface area contributed by atoms with Gasteiger partial charge in [0.2, 0.25) is 0 Å². The van der Waals surface area contributed by atoms with E-state index in [-0.39, 0.29) is 5.54 Å². The quantitative estimate of drug-likeness (QED) is 0.629. The number of hydrogen-bond donors (Lipinski definition) is 1. The molecule has 1 nitrogen and oxygen atoms in total. The molecule has 4 saturated carbocycles. The van der Waals surface area contributed by atoms with Gasteiger partial charge in [-0.05, 0) is 54.8 Å². The van der Waals surface area contributed by atoms with Crippen molar-refractivity contribution in [2.24, 2.45) is 28.4 Å². The van der Waals surface area contributed by atoms with Crippen molar-refractivity contribution in [1.82, 2.24) is 0 Å². The highest BCUT2D eigenvalue weighted by Gasteiger charge is 2.64. The van der Waals surface area contributed by atoms with Crippen molar-refractivity contribution in [2.75, 3.05) is 0 Å². The summed E-state index contributed by atoms with van der Waals surface area (Å²) in [6.07, 6.45) is 6.95. The molecule has 2 unspecified atom stereocenters. The lowest BCUT2D eigenvalue weighted by Gasteiger charge is -2.69. The van der Waals surface area contributed by atoms with Crippen LogP contribution in [0.4, 0.5) is 0 Å². The highest BCUT2D eigenvalue weighted by atomic mass is 14.9. The van der Waals surface area contributed by atoms with Crippen molar-refractivity contribution >= 4 is 0 Å². The zero-order valence-electron chi connectivity index (χ0n) is 9.77. The summed E-state index contributed by atoms with van der Waals surface area (Å²) in [6.45, 7) is 7.33. The molecule has 1 heteroatoms. The van der Waals surface area contributed by atoms with E-state index in [0.717, 1.165) is 11.8 Å². The van der Waals surface area contributed by atoms with Crippen LogP contribution in [-0.2, 0) is 0 Å². The van der Waals surface area contributed by atoms with Crippen LogP contribution in [0.2, 0.25) is 0 Å². The summed E-state index contributed by atoms with van der Waals surface area (Å²) in [6, 6.07) is 0. The Labute approximate surface area is 87.4 Å². The minimum Gasteiger partial charge on any atom is -0.325 e.